The standard InChI is InChI=1S/C15H28N2O4S/c1-5-21-13-10-12(15(13)8-6-7-9-15)17(3)14(18)11-16(2)22(4,19)20/h12-13H,5-11H2,1-4H3/t12-,13-/m0/s1. The quantitative estimate of drug-likeness (QED) is 0.730. The molecule has 7 heteroatoms. The van der Waals surface area contributed by atoms with Crippen molar-refractivity contribution in [3.63, 3.8) is 0 Å². The van der Waals surface area contributed by atoms with Crippen molar-refractivity contribution in [2.45, 2.75) is 51.2 Å². The molecule has 22 heavy (non-hydrogen) atoms. The summed E-state index contributed by atoms with van der Waals surface area (Å²) in [6.45, 7) is 2.61. The van der Waals surface area contributed by atoms with Crippen molar-refractivity contribution in [3.05, 3.63) is 0 Å². The number of amides is 1. The van der Waals surface area contributed by atoms with Gasteiger partial charge in [0.05, 0.1) is 18.9 Å². The molecular formula is C15H28N2O4S. The van der Waals surface area contributed by atoms with Gasteiger partial charge in [0.2, 0.25) is 15.9 Å². The van der Waals surface area contributed by atoms with Gasteiger partial charge in [-0.15, -0.1) is 0 Å². The third kappa shape index (κ3) is 3.16. The number of likely N-dealkylation sites (N-methyl/N-ethyl adjacent to an activating group) is 2. The molecule has 2 saturated carbocycles. The molecule has 0 unspecified atom stereocenters. The maximum Gasteiger partial charge on any atom is 0.237 e. The Kier molecular flexibility index (Phi) is 5.19. The van der Waals surface area contributed by atoms with Gasteiger partial charge in [-0.25, -0.2) is 8.42 Å². The van der Waals surface area contributed by atoms with Crippen molar-refractivity contribution in [2.24, 2.45) is 5.41 Å². The average molecular weight is 332 g/mol. The fraction of sp³-hybridized carbons (Fsp3) is 0.933. The highest BCUT2D eigenvalue weighted by molar-refractivity contribution is 7.88. The van der Waals surface area contributed by atoms with E-state index in [0.717, 1.165) is 29.8 Å². The first kappa shape index (κ1) is 17.7. The van der Waals surface area contributed by atoms with E-state index < -0.39 is 10.0 Å². The lowest BCUT2D eigenvalue weighted by molar-refractivity contribution is -0.172. The van der Waals surface area contributed by atoms with Gasteiger partial charge in [-0.3, -0.25) is 4.79 Å². The number of carbonyl (C=O) groups is 1. The number of carbonyl (C=O) groups excluding carboxylic acids is 1. The van der Waals surface area contributed by atoms with E-state index in [9.17, 15) is 13.2 Å². The molecule has 2 aliphatic rings. The fourth-order valence-corrected chi connectivity index (χ4v) is 4.33. The first-order valence-electron chi connectivity index (χ1n) is 8.01. The molecule has 2 atom stereocenters. The van der Waals surface area contributed by atoms with E-state index >= 15 is 0 Å². The maximum absolute atomic E-state index is 12.4. The molecule has 128 valence electrons. The Labute approximate surface area is 133 Å². The first-order chi connectivity index (χ1) is 10.2. The van der Waals surface area contributed by atoms with Crippen LogP contribution in [-0.2, 0) is 19.6 Å². The topological polar surface area (TPSA) is 66.9 Å². The van der Waals surface area contributed by atoms with Gasteiger partial charge in [0.1, 0.15) is 0 Å². The minimum atomic E-state index is -3.33. The zero-order valence-corrected chi connectivity index (χ0v) is 14.9. The van der Waals surface area contributed by atoms with Crippen molar-refractivity contribution >= 4 is 15.9 Å². The molecule has 0 heterocycles. The normalized spacial score (nSPS) is 27.1. The van der Waals surface area contributed by atoms with Crippen LogP contribution in [0.15, 0.2) is 0 Å². The Morgan fingerprint density at radius 2 is 1.86 bits per heavy atom. The monoisotopic (exact) mass is 332 g/mol. The molecular weight excluding hydrogens is 304 g/mol. The molecule has 1 amide bonds. The summed E-state index contributed by atoms with van der Waals surface area (Å²) in [5.41, 5.74) is 0.0874. The van der Waals surface area contributed by atoms with Crippen molar-refractivity contribution < 1.29 is 17.9 Å². The third-order valence-corrected chi connectivity index (χ3v) is 6.69. The van der Waals surface area contributed by atoms with Crippen LogP contribution in [0.2, 0.25) is 0 Å². The molecule has 2 rings (SSSR count). The number of sulfonamides is 1. The molecule has 0 saturated heterocycles. The summed E-state index contributed by atoms with van der Waals surface area (Å²) in [5, 5.41) is 0. The van der Waals surface area contributed by atoms with Crippen LogP contribution in [-0.4, -0.2) is 69.2 Å². The van der Waals surface area contributed by atoms with Crippen LogP contribution in [0.25, 0.3) is 0 Å². The van der Waals surface area contributed by atoms with Gasteiger partial charge in [0, 0.05) is 32.2 Å². The highest BCUT2D eigenvalue weighted by Gasteiger charge is 2.58. The van der Waals surface area contributed by atoms with Crippen LogP contribution >= 0.6 is 0 Å². The van der Waals surface area contributed by atoms with Crippen LogP contribution in [0.1, 0.15) is 39.0 Å². The Morgan fingerprint density at radius 1 is 1.27 bits per heavy atom. The van der Waals surface area contributed by atoms with E-state index in [4.69, 9.17) is 4.74 Å². The molecule has 1 spiro atoms. The lowest BCUT2D eigenvalue weighted by Crippen LogP contribution is -2.64. The summed E-state index contributed by atoms with van der Waals surface area (Å²) in [4.78, 5) is 14.2. The van der Waals surface area contributed by atoms with Gasteiger partial charge < -0.3 is 9.64 Å². The molecule has 0 aromatic carbocycles. The largest absolute Gasteiger partial charge is 0.378 e. The van der Waals surface area contributed by atoms with Gasteiger partial charge in [0.25, 0.3) is 0 Å². The number of rotatable bonds is 6. The SMILES string of the molecule is CCO[C@H]1C[C@H](N(C)C(=O)CN(C)S(C)(=O)=O)C12CCCC2. The van der Waals surface area contributed by atoms with E-state index in [2.05, 4.69) is 0 Å². The summed E-state index contributed by atoms with van der Waals surface area (Å²) in [5.74, 6) is -0.140. The Bertz CT molecular complexity index is 514. The zero-order valence-electron chi connectivity index (χ0n) is 14.0. The van der Waals surface area contributed by atoms with E-state index in [1.807, 2.05) is 6.92 Å². The number of nitrogens with zero attached hydrogens (tertiary/aromatic N) is 2. The molecule has 0 bridgehead atoms. The second kappa shape index (κ2) is 6.45. The van der Waals surface area contributed by atoms with E-state index in [1.54, 1.807) is 11.9 Å². The molecule has 6 nitrogen and oxygen atoms in total. The highest BCUT2D eigenvalue weighted by Crippen LogP contribution is 2.56. The summed E-state index contributed by atoms with van der Waals surface area (Å²) >= 11 is 0. The molecule has 0 radical (unpaired) electrons. The average Bonchev–Trinajstić information content (AvgIpc) is 2.93. The summed E-state index contributed by atoms with van der Waals surface area (Å²) in [6.07, 6.45) is 6.79. The first-order valence-corrected chi connectivity index (χ1v) is 9.86. The summed E-state index contributed by atoms with van der Waals surface area (Å²) in [6, 6.07) is 0.173. The van der Waals surface area contributed by atoms with Crippen molar-refractivity contribution in [2.75, 3.05) is 33.5 Å². The predicted molar refractivity (Wildman–Crippen MR) is 85.0 cm³/mol. The zero-order chi connectivity index (χ0) is 16.5. The second-order valence-electron chi connectivity index (χ2n) is 6.66. The summed E-state index contributed by atoms with van der Waals surface area (Å²) in [7, 11) is -0.0940. The van der Waals surface area contributed by atoms with Crippen LogP contribution in [0.4, 0.5) is 0 Å². The molecule has 0 aliphatic heterocycles. The Hall–Kier alpha value is -0.660. The van der Waals surface area contributed by atoms with E-state index in [1.165, 1.54) is 19.9 Å². The second-order valence-corrected chi connectivity index (χ2v) is 8.75. The lowest BCUT2D eigenvalue weighted by atomic mass is 9.60. The van der Waals surface area contributed by atoms with Crippen LogP contribution in [0, 0.1) is 5.41 Å². The van der Waals surface area contributed by atoms with Gasteiger partial charge in [-0.1, -0.05) is 12.8 Å². The number of hydrogen-bond donors (Lipinski definition) is 0. The lowest BCUT2D eigenvalue weighted by Gasteiger charge is -2.57. The van der Waals surface area contributed by atoms with Crippen molar-refractivity contribution in [1.82, 2.24) is 9.21 Å². The van der Waals surface area contributed by atoms with E-state index in [0.29, 0.717) is 6.61 Å². The molecule has 0 N–H and O–H groups in total. The van der Waals surface area contributed by atoms with Gasteiger partial charge in [0.15, 0.2) is 0 Å². The molecule has 0 aromatic heterocycles. The van der Waals surface area contributed by atoms with Crippen molar-refractivity contribution in [3.8, 4) is 0 Å². The number of hydrogen-bond acceptors (Lipinski definition) is 4. The van der Waals surface area contributed by atoms with Gasteiger partial charge >= 0.3 is 0 Å². The van der Waals surface area contributed by atoms with Gasteiger partial charge in [-0.2, -0.15) is 4.31 Å². The van der Waals surface area contributed by atoms with Crippen LogP contribution in [0.3, 0.4) is 0 Å². The fourth-order valence-electron chi connectivity index (χ4n) is 3.99. The van der Waals surface area contributed by atoms with Crippen LogP contribution in [0.5, 0.6) is 0 Å². The van der Waals surface area contributed by atoms with Crippen LogP contribution < -0.4 is 0 Å². The Morgan fingerprint density at radius 3 is 2.36 bits per heavy atom. The summed E-state index contributed by atoms with van der Waals surface area (Å²) < 4.78 is 29.9. The molecule has 2 aliphatic carbocycles. The van der Waals surface area contributed by atoms with E-state index in [-0.39, 0.29) is 30.0 Å². The number of ether oxygens (including phenoxy) is 1. The third-order valence-electron chi connectivity index (χ3n) is 5.43. The molecule has 0 aromatic rings. The van der Waals surface area contributed by atoms with Crippen molar-refractivity contribution in [1.29, 1.82) is 0 Å². The Balaban J connectivity index is 2.03. The minimum absolute atomic E-state index is 0.0874. The maximum atomic E-state index is 12.4. The van der Waals surface area contributed by atoms with Gasteiger partial charge in [-0.05, 0) is 26.2 Å². The smallest absolute Gasteiger partial charge is 0.237 e. The predicted octanol–water partition coefficient (Wildman–Crippen LogP) is 1.07. The molecule has 2 fully saturated rings. The minimum Gasteiger partial charge on any atom is -0.378 e. The highest BCUT2D eigenvalue weighted by atomic mass is 32.2.